The van der Waals surface area contributed by atoms with Crippen LogP contribution in [0.1, 0.15) is 36.9 Å². The number of carbonyl (C=O) groups excluding carboxylic acids is 2. The van der Waals surface area contributed by atoms with E-state index in [0.29, 0.717) is 5.75 Å². The van der Waals surface area contributed by atoms with Crippen LogP contribution in [0.25, 0.3) is 0 Å². The second kappa shape index (κ2) is 8.04. The third-order valence-corrected chi connectivity index (χ3v) is 4.39. The summed E-state index contributed by atoms with van der Waals surface area (Å²) in [5.41, 5.74) is 2.90. The molecule has 2 aromatic rings. The maximum atomic E-state index is 12.1. The van der Waals surface area contributed by atoms with E-state index in [1.54, 1.807) is 0 Å². The first kappa shape index (κ1) is 18.0. The predicted octanol–water partition coefficient (Wildman–Crippen LogP) is 3.60. The summed E-state index contributed by atoms with van der Waals surface area (Å²) < 4.78 is 5.49. The van der Waals surface area contributed by atoms with Crippen molar-refractivity contribution in [2.45, 2.75) is 32.7 Å². The zero-order valence-corrected chi connectivity index (χ0v) is 15.1. The number of hydrogen-bond acceptors (Lipinski definition) is 3. The van der Waals surface area contributed by atoms with E-state index < -0.39 is 0 Å². The van der Waals surface area contributed by atoms with Gasteiger partial charge in [0.05, 0.1) is 6.04 Å². The average molecular weight is 352 g/mol. The topological polar surface area (TPSA) is 67.4 Å². The molecule has 26 heavy (non-hydrogen) atoms. The van der Waals surface area contributed by atoms with Gasteiger partial charge in [-0.1, -0.05) is 29.8 Å². The van der Waals surface area contributed by atoms with Crippen LogP contribution in [-0.4, -0.2) is 18.4 Å². The van der Waals surface area contributed by atoms with E-state index in [-0.39, 0.29) is 30.4 Å². The lowest BCUT2D eigenvalue weighted by molar-refractivity contribution is -0.123. The van der Waals surface area contributed by atoms with E-state index in [0.717, 1.165) is 29.7 Å². The van der Waals surface area contributed by atoms with Crippen molar-refractivity contribution >= 4 is 17.5 Å². The second-order valence-electron chi connectivity index (χ2n) is 6.78. The Morgan fingerprint density at radius 1 is 1.08 bits per heavy atom. The van der Waals surface area contributed by atoms with Gasteiger partial charge in [0.1, 0.15) is 5.75 Å². The number of ether oxygens (including phenoxy) is 1. The molecule has 2 amide bonds. The molecule has 0 spiro atoms. The van der Waals surface area contributed by atoms with Gasteiger partial charge in [0.25, 0.3) is 5.91 Å². The van der Waals surface area contributed by atoms with Gasteiger partial charge in [-0.15, -0.1) is 0 Å². The summed E-state index contributed by atoms with van der Waals surface area (Å²) >= 11 is 0. The summed E-state index contributed by atoms with van der Waals surface area (Å²) in [5, 5.41) is 5.82. The highest BCUT2D eigenvalue weighted by atomic mass is 16.5. The van der Waals surface area contributed by atoms with E-state index in [1.807, 2.05) is 62.4 Å². The number of amides is 2. The molecule has 1 fully saturated rings. The molecule has 1 atom stereocenters. The summed E-state index contributed by atoms with van der Waals surface area (Å²) in [4.78, 5) is 23.8. The van der Waals surface area contributed by atoms with E-state index in [4.69, 9.17) is 4.74 Å². The van der Waals surface area contributed by atoms with Crippen LogP contribution in [0.15, 0.2) is 48.5 Å². The molecule has 136 valence electrons. The molecular formula is C21H24N2O3. The van der Waals surface area contributed by atoms with Crippen LogP contribution in [-0.2, 0) is 9.59 Å². The second-order valence-corrected chi connectivity index (χ2v) is 6.78. The van der Waals surface area contributed by atoms with Gasteiger partial charge in [0.2, 0.25) is 5.91 Å². The maximum absolute atomic E-state index is 12.1. The molecule has 5 heteroatoms. The standard InChI is InChI=1S/C21H24N2O3/c1-14-3-11-19(12-4-14)26-13-20(24)22-15(2)16-7-9-18(10-8-16)23-21(25)17-5-6-17/h3-4,7-12,15,17H,5-6,13H2,1-2H3,(H,22,24)(H,23,25). The Morgan fingerprint density at radius 2 is 1.73 bits per heavy atom. The number of aryl methyl sites for hydroxylation is 1. The Morgan fingerprint density at radius 3 is 2.35 bits per heavy atom. The fourth-order valence-corrected chi connectivity index (χ4v) is 2.59. The highest BCUT2D eigenvalue weighted by Gasteiger charge is 2.29. The molecule has 1 saturated carbocycles. The smallest absolute Gasteiger partial charge is 0.258 e. The molecule has 5 nitrogen and oxygen atoms in total. The van der Waals surface area contributed by atoms with Gasteiger partial charge >= 0.3 is 0 Å². The molecule has 0 radical (unpaired) electrons. The zero-order valence-electron chi connectivity index (χ0n) is 15.1. The monoisotopic (exact) mass is 352 g/mol. The highest BCUT2D eigenvalue weighted by molar-refractivity contribution is 5.94. The SMILES string of the molecule is Cc1ccc(OCC(=O)NC(C)c2ccc(NC(=O)C3CC3)cc2)cc1. The lowest BCUT2D eigenvalue weighted by Gasteiger charge is -2.15. The van der Waals surface area contributed by atoms with Crippen molar-refractivity contribution in [2.24, 2.45) is 5.92 Å². The number of hydrogen-bond donors (Lipinski definition) is 2. The number of benzene rings is 2. The lowest BCUT2D eigenvalue weighted by Crippen LogP contribution is -2.31. The van der Waals surface area contributed by atoms with Crippen molar-refractivity contribution in [1.82, 2.24) is 5.32 Å². The Balaban J connectivity index is 1.47. The molecule has 0 saturated heterocycles. The minimum atomic E-state index is -0.177. The Hall–Kier alpha value is -2.82. The van der Waals surface area contributed by atoms with Gasteiger partial charge in [-0.2, -0.15) is 0 Å². The third kappa shape index (κ3) is 5.09. The molecule has 1 aliphatic rings. The first-order valence-corrected chi connectivity index (χ1v) is 8.91. The molecule has 1 unspecified atom stereocenters. The van der Waals surface area contributed by atoms with Crippen molar-refractivity contribution in [3.63, 3.8) is 0 Å². The average Bonchev–Trinajstić information content (AvgIpc) is 3.47. The Bertz CT molecular complexity index is 765. The van der Waals surface area contributed by atoms with Gasteiger partial charge in [-0.25, -0.2) is 0 Å². The zero-order chi connectivity index (χ0) is 18.5. The molecule has 0 bridgehead atoms. The fourth-order valence-electron chi connectivity index (χ4n) is 2.59. The molecule has 2 aromatic carbocycles. The van der Waals surface area contributed by atoms with Crippen molar-refractivity contribution in [2.75, 3.05) is 11.9 Å². The van der Waals surface area contributed by atoms with E-state index in [9.17, 15) is 9.59 Å². The predicted molar refractivity (Wildman–Crippen MR) is 101 cm³/mol. The molecule has 0 heterocycles. The molecule has 0 aliphatic heterocycles. The van der Waals surface area contributed by atoms with Crippen LogP contribution in [0, 0.1) is 12.8 Å². The summed E-state index contributed by atoms with van der Waals surface area (Å²) in [6.45, 7) is 3.89. The van der Waals surface area contributed by atoms with Crippen LogP contribution in [0.5, 0.6) is 5.75 Å². The van der Waals surface area contributed by atoms with Crippen molar-refractivity contribution in [3.05, 3.63) is 59.7 Å². The van der Waals surface area contributed by atoms with Crippen molar-refractivity contribution in [1.29, 1.82) is 0 Å². The van der Waals surface area contributed by atoms with Crippen LogP contribution < -0.4 is 15.4 Å². The van der Waals surface area contributed by atoms with Crippen LogP contribution >= 0.6 is 0 Å². The quantitative estimate of drug-likeness (QED) is 0.800. The molecule has 1 aliphatic carbocycles. The first-order valence-electron chi connectivity index (χ1n) is 8.91. The summed E-state index contributed by atoms with van der Waals surface area (Å²) in [5.74, 6) is 0.770. The third-order valence-electron chi connectivity index (χ3n) is 4.39. The summed E-state index contributed by atoms with van der Waals surface area (Å²) in [7, 11) is 0. The first-order chi connectivity index (χ1) is 12.5. The van der Waals surface area contributed by atoms with Crippen LogP contribution in [0.3, 0.4) is 0 Å². The fraction of sp³-hybridized carbons (Fsp3) is 0.333. The minimum absolute atomic E-state index is 0.0249. The van der Waals surface area contributed by atoms with Gasteiger partial charge in [0.15, 0.2) is 6.61 Å². The van der Waals surface area contributed by atoms with Gasteiger partial charge in [-0.3, -0.25) is 9.59 Å². The molecular weight excluding hydrogens is 328 g/mol. The molecule has 2 N–H and O–H groups in total. The normalized spacial score (nSPS) is 14.4. The Kier molecular flexibility index (Phi) is 5.56. The molecule has 3 rings (SSSR count). The van der Waals surface area contributed by atoms with Crippen molar-refractivity contribution in [3.8, 4) is 5.75 Å². The van der Waals surface area contributed by atoms with Gasteiger partial charge < -0.3 is 15.4 Å². The maximum Gasteiger partial charge on any atom is 0.258 e. The largest absolute Gasteiger partial charge is 0.484 e. The van der Waals surface area contributed by atoms with E-state index in [1.165, 1.54) is 0 Å². The minimum Gasteiger partial charge on any atom is -0.484 e. The number of rotatable bonds is 7. The van der Waals surface area contributed by atoms with Crippen LogP contribution in [0.2, 0.25) is 0 Å². The van der Waals surface area contributed by atoms with E-state index in [2.05, 4.69) is 10.6 Å². The Labute approximate surface area is 153 Å². The number of nitrogens with one attached hydrogen (secondary N) is 2. The lowest BCUT2D eigenvalue weighted by atomic mass is 10.1. The highest BCUT2D eigenvalue weighted by Crippen LogP contribution is 2.30. The van der Waals surface area contributed by atoms with Gasteiger partial charge in [0, 0.05) is 11.6 Å². The van der Waals surface area contributed by atoms with Crippen molar-refractivity contribution < 1.29 is 14.3 Å². The number of carbonyl (C=O) groups is 2. The summed E-state index contributed by atoms with van der Waals surface area (Å²) in [6, 6.07) is 15.0. The number of anilines is 1. The molecule has 0 aromatic heterocycles. The van der Waals surface area contributed by atoms with Gasteiger partial charge in [-0.05, 0) is 56.5 Å². The van der Waals surface area contributed by atoms with Crippen LogP contribution in [0.4, 0.5) is 5.69 Å². The van der Waals surface area contributed by atoms with E-state index >= 15 is 0 Å². The summed E-state index contributed by atoms with van der Waals surface area (Å²) in [6.07, 6.45) is 1.97.